The molecule has 0 aliphatic carbocycles. The zero-order chi connectivity index (χ0) is 8.43. The number of hydrogen-bond acceptors (Lipinski definition) is 1. The minimum atomic E-state index is 0. The summed E-state index contributed by atoms with van der Waals surface area (Å²) in [5.41, 5.74) is 3.97. The number of benzene rings is 1. The molecule has 0 aliphatic heterocycles. The van der Waals surface area contributed by atoms with Crippen LogP contribution in [0.2, 0.25) is 0 Å². The van der Waals surface area contributed by atoms with Crippen molar-refractivity contribution in [3.8, 4) is 0 Å². The maximum absolute atomic E-state index is 2.20. The lowest BCUT2D eigenvalue weighted by molar-refractivity contribution is 1.11. The summed E-state index contributed by atoms with van der Waals surface area (Å²) in [5, 5.41) is 0. The number of halogens is 1. The van der Waals surface area contributed by atoms with Crippen molar-refractivity contribution >= 4 is 18.1 Å². The van der Waals surface area contributed by atoms with Crippen LogP contribution in [-0.4, -0.2) is 14.1 Å². The van der Waals surface area contributed by atoms with Gasteiger partial charge in [-0.15, -0.1) is 12.4 Å². The summed E-state index contributed by atoms with van der Waals surface area (Å²) in [4.78, 5) is 2.13. The summed E-state index contributed by atoms with van der Waals surface area (Å²) in [6, 6.07) is 6.50. The third-order valence-electron chi connectivity index (χ3n) is 1.83. The molecule has 12 heavy (non-hydrogen) atoms. The average Bonchev–Trinajstić information content (AvgIpc) is 1.85. The van der Waals surface area contributed by atoms with Gasteiger partial charge in [-0.05, 0) is 25.5 Å². The molecule has 1 aromatic rings. The van der Waals surface area contributed by atoms with E-state index in [0.717, 1.165) is 0 Å². The van der Waals surface area contributed by atoms with Crippen molar-refractivity contribution in [3.05, 3.63) is 29.3 Å². The molecule has 0 saturated heterocycles. The van der Waals surface area contributed by atoms with Crippen LogP contribution in [0.4, 0.5) is 5.69 Å². The van der Waals surface area contributed by atoms with E-state index in [2.05, 4.69) is 51.0 Å². The van der Waals surface area contributed by atoms with Crippen LogP contribution in [0.3, 0.4) is 0 Å². The Morgan fingerprint density at radius 1 is 1.08 bits per heavy atom. The predicted octanol–water partition coefficient (Wildman–Crippen LogP) is 2.79. The van der Waals surface area contributed by atoms with Crippen molar-refractivity contribution in [1.82, 2.24) is 0 Å². The third kappa shape index (κ3) is 2.42. The number of anilines is 1. The normalized spacial score (nSPS) is 9.00. The van der Waals surface area contributed by atoms with Crippen molar-refractivity contribution in [2.24, 2.45) is 0 Å². The fourth-order valence-electron chi connectivity index (χ4n) is 1.31. The van der Waals surface area contributed by atoms with Crippen LogP contribution >= 0.6 is 12.4 Å². The Kier molecular flexibility index (Phi) is 4.11. The molecular formula is C10H16ClN. The zero-order valence-corrected chi connectivity index (χ0v) is 8.90. The van der Waals surface area contributed by atoms with E-state index < -0.39 is 0 Å². The molecule has 1 aromatic carbocycles. The molecule has 0 atom stereocenters. The lowest BCUT2D eigenvalue weighted by Crippen LogP contribution is -2.09. The van der Waals surface area contributed by atoms with Crippen molar-refractivity contribution in [2.75, 3.05) is 19.0 Å². The van der Waals surface area contributed by atoms with Gasteiger partial charge in [0, 0.05) is 19.8 Å². The topological polar surface area (TPSA) is 3.24 Å². The molecule has 0 unspecified atom stereocenters. The molecule has 0 aliphatic rings. The van der Waals surface area contributed by atoms with Gasteiger partial charge in [0.05, 0.1) is 0 Å². The van der Waals surface area contributed by atoms with Crippen LogP contribution in [-0.2, 0) is 0 Å². The first-order valence-corrected chi connectivity index (χ1v) is 3.86. The molecule has 0 saturated carbocycles. The zero-order valence-electron chi connectivity index (χ0n) is 8.09. The van der Waals surface area contributed by atoms with Gasteiger partial charge in [-0.1, -0.05) is 17.7 Å². The van der Waals surface area contributed by atoms with E-state index >= 15 is 0 Å². The second kappa shape index (κ2) is 4.36. The fraction of sp³-hybridized carbons (Fsp3) is 0.400. The largest absolute Gasteiger partial charge is 0.377 e. The number of aryl methyl sites for hydroxylation is 2. The van der Waals surface area contributed by atoms with Gasteiger partial charge >= 0.3 is 0 Å². The highest BCUT2D eigenvalue weighted by molar-refractivity contribution is 5.85. The van der Waals surface area contributed by atoms with Gasteiger partial charge in [-0.3, -0.25) is 0 Å². The molecule has 0 N–H and O–H groups in total. The van der Waals surface area contributed by atoms with Crippen molar-refractivity contribution in [2.45, 2.75) is 13.8 Å². The van der Waals surface area contributed by atoms with E-state index in [0.29, 0.717) is 0 Å². The molecule has 1 rings (SSSR count). The highest BCUT2D eigenvalue weighted by Gasteiger charge is 1.98. The van der Waals surface area contributed by atoms with Crippen LogP contribution in [0.1, 0.15) is 11.1 Å². The van der Waals surface area contributed by atoms with E-state index in [-0.39, 0.29) is 12.4 Å². The number of hydrogen-bond donors (Lipinski definition) is 0. The van der Waals surface area contributed by atoms with Crippen LogP contribution in [0, 0.1) is 13.8 Å². The Morgan fingerprint density at radius 3 is 2.08 bits per heavy atom. The van der Waals surface area contributed by atoms with E-state index in [9.17, 15) is 0 Å². The second-order valence-electron chi connectivity index (χ2n) is 3.18. The van der Waals surface area contributed by atoms with Gasteiger partial charge < -0.3 is 4.90 Å². The maximum atomic E-state index is 2.20. The monoisotopic (exact) mass is 185 g/mol. The summed E-state index contributed by atoms with van der Waals surface area (Å²) in [6.07, 6.45) is 0. The van der Waals surface area contributed by atoms with Gasteiger partial charge in [0.25, 0.3) is 0 Å². The van der Waals surface area contributed by atoms with Crippen LogP contribution in [0.15, 0.2) is 18.2 Å². The highest BCUT2D eigenvalue weighted by atomic mass is 35.5. The summed E-state index contributed by atoms with van der Waals surface area (Å²) < 4.78 is 0. The SMILES string of the molecule is Cc1ccc(N(C)C)c(C)c1.Cl. The number of nitrogens with zero attached hydrogens (tertiary/aromatic N) is 1. The Bertz CT molecular complexity index is 256. The van der Waals surface area contributed by atoms with Crippen LogP contribution in [0.5, 0.6) is 0 Å². The van der Waals surface area contributed by atoms with E-state index in [4.69, 9.17) is 0 Å². The molecular weight excluding hydrogens is 170 g/mol. The molecule has 0 bridgehead atoms. The highest BCUT2D eigenvalue weighted by Crippen LogP contribution is 2.17. The minimum Gasteiger partial charge on any atom is -0.377 e. The number of rotatable bonds is 1. The molecule has 2 heteroatoms. The molecule has 1 nitrogen and oxygen atoms in total. The Labute approximate surface area is 80.8 Å². The van der Waals surface area contributed by atoms with Crippen LogP contribution < -0.4 is 4.90 Å². The molecule has 0 heterocycles. The average molecular weight is 186 g/mol. The third-order valence-corrected chi connectivity index (χ3v) is 1.83. The lowest BCUT2D eigenvalue weighted by Gasteiger charge is -2.15. The molecule has 0 radical (unpaired) electrons. The standard InChI is InChI=1S/C10H15N.ClH/c1-8-5-6-10(11(3)4)9(2)7-8;/h5-7H,1-4H3;1H. The smallest absolute Gasteiger partial charge is 0.0390 e. The van der Waals surface area contributed by atoms with Gasteiger partial charge in [0.15, 0.2) is 0 Å². The quantitative estimate of drug-likeness (QED) is 0.651. The summed E-state index contributed by atoms with van der Waals surface area (Å²) >= 11 is 0. The fourth-order valence-corrected chi connectivity index (χ4v) is 1.31. The first-order valence-electron chi connectivity index (χ1n) is 3.86. The van der Waals surface area contributed by atoms with Crippen molar-refractivity contribution in [3.63, 3.8) is 0 Å². The summed E-state index contributed by atoms with van der Waals surface area (Å²) in [7, 11) is 4.13. The van der Waals surface area contributed by atoms with Crippen molar-refractivity contribution < 1.29 is 0 Å². The first-order chi connectivity index (χ1) is 5.11. The van der Waals surface area contributed by atoms with Gasteiger partial charge in [0.1, 0.15) is 0 Å². The van der Waals surface area contributed by atoms with Gasteiger partial charge in [-0.25, -0.2) is 0 Å². The van der Waals surface area contributed by atoms with Crippen LogP contribution in [0.25, 0.3) is 0 Å². The Morgan fingerprint density at radius 2 is 1.67 bits per heavy atom. The second-order valence-corrected chi connectivity index (χ2v) is 3.18. The van der Waals surface area contributed by atoms with E-state index in [1.807, 2.05) is 0 Å². The van der Waals surface area contributed by atoms with Crippen molar-refractivity contribution in [1.29, 1.82) is 0 Å². The molecule has 0 aromatic heterocycles. The molecule has 68 valence electrons. The molecule has 0 spiro atoms. The first kappa shape index (κ1) is 11.3. The van der Waals surface area contributed by atoms with E-state index in [1.54, 1.807) is 0 Å². The maximum Gasteiger partial charge on any atom is 0.0390 e. The van der Waals surface area contributed by atoms with Gasteiger partial charge in [0.2, 0.25) is 0 Å². The Hall–Kier alpha value is -0.690. The molecule has 0 amide bonds. The molecule has 0 fully saturated rings. The lowest BCUT2D eigenvalue weighted by atomic mass is 10.1. The predicted molar refractivity (Wildman–Crippen MR) is 57.5 cm³/mol. The van der Waals surface area contributed by atoms with Gasteiger partial charge in [-0.2, -0.15) is 0 Å². The van der Waals surface area contributed by atoms with E-state index in [1.165, 1.54) is 16.8 Å². The summed E-state index contributed by atoms with van der Waals surface area (Å²) in [6.45, 7) is 4.26. The summed E-state index contributed by atoms with van der Waals surface area (Å²) in [5.74, 6) is 0. The Balaban J connectivity index is 0.00000121. The minimum absolute atomic E-state index is 0.